The van der Waals surface area contributed by atoms with Gasteiger partial charge in [0.2, 0.25) is 11.8 Å². The number of likely N-dealkylation sites (tertiary alicyclic amines) is 1. The first kappa shape index (κ1) is 26.3. The molecule has 2 aromatic rings. The molecule has 37 heavy (non-hydrogen) atoms. The first-order valence-electron chi connectivity index (χ1n) is 12.6. The summed E-state index contributed by atoms with van der Waals surface area (Å²) in [4.78, 5) is 41.7. The number of amides is 3. The van der Waals surface area contributed by atoms with E-state index in [4.69, 9.17) is 10.5 Å². The molecule has 1 saturated heterocycles. The molecule has 2 heterocycles. The standard InChI is InChI=1S/C28H35N5O4/c1-27(2,29)25(35)30-22(15-17-37-21-12-8-5-9-13-21)24(34)33-16-14-23-28(19-33,26(36)32(3)31-23)18-20-10-6-4-7-11-20/h4-13,22H,14-19,29H2,1-3H3,(H,30,35)/t22?,28-/m1/s1. The molecule has 1 fully saturated rings. The first-order chi connectivity index (χ1) is 17.6. The molecule has 0 aromatic heterocycles. The van der Waals surface area contributed by atoms with Gasteiger partial charge >= 0.3 is 0 Å². The third-order valence-electron chi connectivity index (χ3n) is 6.87. The summed E-state index contributed by atoms with van der Waals surface area (Å²) in [6, 6.07) is 18.2. The average molecular weight is 506 g/mol. The Labute approximate surface area is 217 Å². The highest BCUT2D eigenvalue weighted by Crippen LogP contribution is 2.38. The third kappa shape index (κ3) is 5.83. The molecule has 4 rings (SSSR count). The number of benzene rings is 2. The van der Waals surface area contributed by atoms with Gasteiger partial charge in [-0.05, 0) is 38.0 Å². The highest BCUT2D eigenvalue weighted by molar-refractivity contribution is 6.13. The lowest BCUT2D eigenvalue weighted by molar-refractivity contribution is -0.142. The molecule has 1 unspecified atom stereocenters. The van der Waals surface area contributed by atoms with Crippen LogP contribution in [0.25, 0.3) is 0 Å². The van der Waals surface area contributed by atoms with Crippen LogP contribution in [-0.4, -0.2) is 71.7 Å². The molecule has 2 atom stereocenters. The van der Waals surface area contributed by atoms with Gasteiger partial charge in [0.15, 0.2) is 0 Å². The van der Waals surface area contributed by atoms with Crippen molar-refractivity contribution in [3.05, 3.63) is 66.2 Å². The van der Waals surface area contributed by atoms with Gasteiger partial charge in [-0.2, -0.15) is 5.10 Å². The Morgan fingerprint density at radius 3 is 2.43 bits per heavy atom. The maximum Gasteiger partial charge on any atom is 0.256 e. The zero-order chi connectivity index (χ0) is 26.6. The van der Waals surface area contributed by atoms with Crippen LogP contribution >= 0.6 is 0 Å². The molecule has 0 spiro atoms. The third-order valence-corrected chi connectivity index (χ3v) is 6.87. The first-order valence-corrected chi connectivity index (χ1v) is 12.6. The van der Waals surface area contributed by atoms with Gasteiger partial charge in [-0.3, -0.25) is 14.4 Å². The van der Waals surface area contributed by atoms with Crippen molar-refractivity contribution in [1.29, 1.82) is 0 Å². The Morgan fingerprint density at radius 2 is 1.78 bits per heavy atom. The number of hydrazone groups is 1. The molecule has 9 heteroatoms. The monoisotopic (exact) mass is 505 g/mol. The van der Waals surface area contributed by atoms with Crippen molar-refractivity contribution < 1.29 is 19.1 Å². The summed E-state index contributed by atoms with van der Waals surface area (Å²) >= 11 is 0. The van der Waals surface area contributed by atoms with E-state index in [2.05, 4.69) is 10.4 Å². The van der Waals surface area contributed by atoms with E-state index in [1.807, 2.05) is 60.7 Å². The van der Waals surface area contributed by atoms with Crippen LogP contribution in [0, 0.1) is 5.41 Å². The summed E-state index contributed by atoms with van der Waals surface area (Å²) in [7, 11) is 1.65. The predicted molar refractivity (Wildman–Crippen MR) is 141 cm³/mol. The van der Waals surface area contributed by atoms with Gasteiger partial charge in [-0.1, -0.05) is 48.5 Å². The van der Waals surface area contributed by atoms with Crippen molar-refractivity contribution in [2.24, 2.45) is 16.3 Å². The number of nitrogens with one attached hydrogen (secondary N) is 1. The number of hydrogen-bond acceptors (Lipinski definition) is 6. The van der Waals surface area contributed by atoms with E-state index in [1.165, 1.54) is 5.01 Å². The molecule has 0 saturated carbocycles. The lowest BCUT2D eigenvalue weighted by atomic mass is 9.73. The second kappa shape index (κ2) is 10.7. The van der Waals surface area contributed by atoms with Gasteiger partial charge in [0.05, 0.1) is 17.9 Å². The maximum atomic E-state index is 13.8. The van der Waals surface area contributed by atoms with Gasteiger partial charge in [0.25, 0.3) is 5.91 Å². The van der Waals surface area contributed by atoms with Gasteiger partial charge in [-0.15, -0.1) is 0 Å². The normalized spacial score (nSPS) is 20.2. The highest BCUT2D eigenvalue weighted by atomic mass is 16.5. The summed E-state index contributed by atoms with van der Waals surface area (Å²) in [5.41, 5.74) is 5.72. The summed E-state index contributed by atoms with van der Waals surface area (Å²) in [6.45, 7) is 4.02. The fourth-order valence-corrected chi connectivity index (χ4v) is 4.85. The Hall–Kier alpha value is -3.72. The van der Waals surface area contributed by atoms with E-state index in [-0.39, 0.29) is 31.4 Å². The number of hydrogen-bond donors (Lipinski definition) is 2. The van der Waals surface area contributed by atoms with Crippen LogP contribution in [0.1, 0.15) is 32.3 Å². The van der Waals surface area contributed by atoms with Crippen LogP contribution in [0.15, 0.2) is 65.8 Å². The number of ether oxygens (including phenoxy) is 1. The topological polar surface area (TPSA) is 117 Å². The largest absolute Gasteiger partial charge is 0.494 e. The molecule has 196 valence electrons. The van der Waals surface area contributed by atoms with E-state index in [9.17, 15) is 14.4 Å². The van der Waals surface area contributed by atoms with E-state index in [1.54, 1.807) is 25.8 Å². The van der Waals surface area contributed by atoms with Gasteiger partial charge in [0.1, 0.15) is 17.2 Å². The number of para-hydroxylation sites is 1. The van der Waals surface area contributed by atoms with Crippen LogP contribution in [0.5, 0.6) is 5.75 Å². The number of nitrogens with zero attached hydrogens (tertiary/aromatic N) is 3. The van der Waals surface area contributed by atoms with Crippen molar-refractivity contribution in [3.63, 3.8) is 0 Å². The Morgan fingerprint density at radius 1 is 1.14 bits per heavy atom. The van der Waals surface area contributed by atoms with Gasteiger partial charge < -0.3 is 20.7 Å². The smallest absolute Gasteiger partial charge is 0.256 e. The summed E-state index contributed by atoms with van der Waals surface area (Å²) < 4.78 is 5.81. The molecule has 3 N–H and O–H groups in total. The number of carbonyl (C=O) groups excluding carboxylic acids is 3. The maximum absolute atomic E-state index is 13.8. The van der Waals surface area contributed by atoms with E-state index >= 15 is 0 Å². The minimum Gasteiger partial charge on any atom is -0.494 e. The molecule has 2 aromatic carbocycles. The predicted octanol–water partition coefficient (Wildman–Crippen LogP) is 1.97. The molecule has 2 aliphatic heterocycles. The lowest BCUT2D eigenvalue weighted by Gasteiger charge is -2.41. The van der Waals surface area contributed by atoms with Crippen LogP contribution < -0.4 is 15.8 Å². The fourth-order valence-electron chi connectivity index (χ4n) is 4.85. The molecule has 3 amide bonds. The number of carbonyl (C=O) groups is 3. The molecule has 0 bridgehead atoms. The molecule has 0 aliphatic carbocycles. The van der Waals surface area contributed by atoms with Crippen molar-refractivity contribution in [1.82, 2.24) is 15.2 Å². The van der Waals surface area contributed by atoms with Gasteiger partial charge in [-0.25, -0.2) is 5.01 Å². The quantitative estimate of drug-likeness (QED) is 0.540. The Bertz CT molecular complexity index is 1160. The zero-order valence-corrected chi connectivity index (χ0v) is 21.6. The molecular weight excluding hydrogens is 470 g/mol. The minimum absolute atomic E-state index is 0.125. The van der Waals surface area contributed by atoms with Crippen molar-refractivity contribution in [2.75, 3.05) is 26.7 Å². The van der Waals surface area contributed by atoms with Gasteiger partial charge in [0, 0.05) is 33.0 Å². The van der Waals surface area contributed by atoms with Crippen LogP contribution in [0.3, 0.4) is 0 Å². The number of piperidine rings is 1. The second-order valence-corrected chi connectivity index (χ2v) is 10.3. The molecule has 0 radical (unpaired) electrons. The lowest BCUT2D eigenvalue weighted by Crippen LogP contribution is -2.61. The van der Waals surface area contributed by atoms with Crippen LogP contribution in [-0.2, 0) is 20.8 Å². The number of nitrogens with two attached hydrogens (primary N) is 1. The second-order valence-electron chi connectivity index (χ2n) is 10.3. The minimum atomic E-state index is -1.15. The summed E-state index contributed by atoms with van der Waals surface area (Å²) in [5.74, 6) is -0.136. The number of fused-ring (bicyclic) bond motifs is 1. The van der Waals surface area contributed by atoms with Crippen molar-refractivity contribution in [3.8, 4) is 5.75 Å². The Balaban J connectivity index is 1.54. The van der Waals surface area contributed by atoms with Crippen molar-refractivity contribution >= 4 is 23.4 Å². The molecule has 9 nitrogen and oxygen atoms in total. The van der Waals surface area contributed by atoms with Crippen LogP contribution in [0.4, 0.5) is 0 Å². The SMILES string of the molecule is CN1N=C2CCN(C(=O)C(CCOc3ccccc3)NC(=O)C(C)(C)N)C[C@@]2(Cc2ccccc2)C1=O. The molecular formula is C28H35N5O4. The summed E-state index contributed by atoms with van der Waals surface area (Å²) in [6.07, 6.45) is 1.19. The van der Waals surface area contributed by atoms with E-state index in [0.717, 1.165) is 11.3 Å². The van der Waals surface area contributed by atoms with Crippen LogP contribution in [0.2, 0.25) is 0 Å². The fraction of sp³-hybridized carbons (Fsp3) is 0.429. The Kier molecular flexibility index (Phi) is 7.63. The van der Waals surface area contributed by atoms with Crippen molar-refractivity contribution in [2.45, 2.75) is 44.7 Å². The van der Waals surface area contributed by atoms with E-state index in [0.29, 0.717) is 25.1 Å². The molecule has 2 aliphatic rings. The zero-order valence-electron chi connectivity index (χ0n) is 21.6. The number of rotatable bonds is 9. The summed E-state index contributed by atoms with van der Waals surface area (Å²) in [5, 5.41) is 8.73. The average Bonchev–Trinajstić information content (AvgIpc) is 3.12. The van der Waals surface area contributed by atoms with E-state index < -0.39 is 22.9 Å². The highest BCUT2D eigenvalue weighted by Gasteiger charge is 2.53.